The van der Waals surface area contributed by atoms with E-state index in [9.17, 15) is 9.59 Å². The van der Waals surface area contributed by atoms with Crippen molar-refractivity contribution in [1.29, 1.82) is 0 Å². The summed E-state index contributed by atoms with van der Waals surface area (Å²) >= 11 is 1.39. The number of aromatic nitrogens is 1. The summed E-state index contributed by atoms with van der Waals surface area (Å²) in [7, 11) is 1.60. The van der Waals surface area contributed by atoms with E-state index < -0.39 is 11.9 Å². The van der Waals surface area contributed by atoms with E-state index in [1.54, 1.807) is 36.9 Å². The number of fused-ring (bicyclic) bond motifs is 1. The van der Waals surface area contributed by atoms with Crippen LogP contribution in [0.25, 0.3) is 10.2 Å². The molecule has 0 bridgehead atoms. The van der Waals surface area contributed by atoms with Gasteiger partial charge in [0.1, 0.15) is 11.3 Å². The van der Waals surface area contributed by atoms with Gasteiger partial charge in [0.2, 0.25) is 0 Å². The summed E-state index contributed by atoms with van der Waals surface area (Å²) in [5.41, 5.74) is 4.45. The Bertz CT molecular complexity index is 1110. The average Bonchev–Trinajstić information content (AvgIpc) is 3.26. The van der Waals surface area contributed by atoms with E-state index in [0.29, 0.717) is 35.2 Å². The van der Waals surface area contributed by atoms with Gasteiger partial charge < -0.3 is 19.7 Å². The minimum absolute atomic E-state index is 0.264. The molecule has 0 radical (unpaired) electrons. The fourth-order valence-corrected chi connectivity index (χ4v) is 4.42. The molecule has 1 saturated heterocycles. The maximum atomic E-state index is 12.4. The van der Waals surface area contributed by atoms with Crippen LogP contribution in [-0.4, -0.2) is 55.5 Å². The van der Waals surface area contributed by atoms with E-state index in [2.05, 4.69) is 20.5 Å². The predicted octanol–water partition coefficient (Wildman–Crippen LogP) is 2.58. The van der Waals surface area contributed by atoms with Crippen molar-refractivity contribution in [3.63, 3.8) is 0 Å². The standard InChI is InChI=1S/C21H23N5O5S/c1-30-16-7-6-15(26-8-10-31-11-9-26)18-17(16)23-21(32-18)24-20(28)22-12-13-2-4-14(5-3-13)19(27)25-29/h2-7,29H,8-12H2,1H3,(H,25,27)(H2,22,23,24,28). The van der Waals surface area contributed by atoms with Gasteiger partial charge in [-0.15, -0.1) is 0 Å². The van der Waals surface area contributed by atoms with Crippen LogP contribution in [0.3, 0.4) is 0 Å². The summed E-state index contributed by atoms with van der Waals surface area (Å²) in [5.74, 6) is 0.0543. The summed E-state index contributed by atoms with van der Waals surface area (Å²) < 4.78 is 11.8. The molecular weight excluding hydrogens is 434 g/mol. The van der Waals surface area contributed by atoms with Gasteiger partial charge in [-0.2, -0.15) is 0 Å². The topological polar surface area (TPSA) is 125 Å². The molecule has 0 unspecified atom stereocenters. The monoisotopic (exact) mass is 457 g/mol. The van der Waals surface area contributed by atoms with Crippen LogP contribution in [0.4, 0.5) is 15.6 Å². The third-order valence-electron chi connectivity index (χ3n) is 5.05. The summed E-state index contributed by atoms with van der Waals surface area (Å²) in [6.45, 7) is 3.19. The Hall–Kier alpha value is -3.41. The highest BCUT2D eigenvalue weighted by Crippen LogP contribution is 2.39. The van der Waals surface area contributed by atoms with Crippen molar-refractivity contribution < 1.29 is 24.3 Å². The number of urea groups is 1. The highest BCUT2D eigenvalue weighted by Gasteiger charge is 2.19. The van der Waals surface area contributed by atoms with Crippen LogP contribution in [0.15, 0.2) is 36.4 Å². The molecule has 11 heteroatoms. The Morgan fingerprint density at radius 2 is 1.94 bits per heavy atom. The second-order valence-corrected chi connectivity index (χ2v) is 8.03. The summed E-state index contributed by atoms with van der Waals surface area (Å²) in [5, 5.41) is 14.7. The zero-order valence-electron chi connectivity index (χ0n) is 17.4. The smallest absolute Gasteiger partial charge is 0.321 e. The molecule has 4 N–H and O–H groups in total. The van der Waals surface area contributed by atoms with E-state index >= 15 is 0 Å². The van der Waals surface area contributed by atoms with Crippen molar-refractivity contribution in [3.8, 4) is 5.75 Å². The molecule has 1 aromatic heterocycles. The lowest BCUT2D eigenvalue weighted by Crippen LogP contribution is -2.36. The van der Waals surface area contributed by atoms with Gasteiger partial charge in [-0.1, -0.05) is 23.5 Å². The molecule has 168 valence electrons. The maximum absolute atomic E-state index is 12.4. The van der Waals surface area contributed by atoms with Crippen molar-refractivity contribution >= 4 is 44.3 Å². The number of benzene rings is 2. The van der Waals surface area contributed by atoms with Crippen LogP contribution in [0, 0.1) is 0 Å². The van der Waals surface area contributed by atoms with Crippen molar-refractivity contribution in [1.82, 2.24) is 15.8 Å². The minimum atomic E-state index is -0.593. The quantitative estimate of drug-likeness (QED) is 0.331. The number of thiazole rings is 1. The first kappa shape index (κ1) is 21.8. The number of hydrogen-bond acceptors (Lipinski definition) is 8. The molecule has 3 amide bonds. The first-order valence-corrected chi connectivity index (χ1v) is 10.8. The molecule has 1 aliphatic rings. The Morgan fingerprint density at radius 3 is 2.62 bits per heavy atom. The summed E-state index contributed by atoms with van der Waals surface area (Å²) in [4.78, 5) is 30.6. The molecule has 2 aromatic carbocycles. The molecule has 0 saturated carbocycles. The maximum Gasteiger partial charge on any atom is 0.321 e. The van der Waals surface area contributed by atoms with Crippen molar-refractivity contribution in [2.24, 2.45) is 0 Å². The van der Waals surface area contributed by atoms with E-state index in [0.717, 1.165) is 29.0 Å². The van der Waals surface area contributed by atoms with Gasteiger partial charge >= 0.3 is 6.03 Å². The Balaban J connectivity index is 1.45. The predicted molar refractivity (Wildman–Crippen MR) is 121 cm³/mol. The number of carbonyl (C=O) groups is 2. The molecule has 0 atom stereocenters. The molecule has 10 nitrogen and oxygen atoms in total. The second kappa shape index (κ2) is 9.81. The Kier molecular flexibility index (Phi) is 6.69. The molecule has 0 aliphatic carbocycles. The second-order valence-electron chi connectivity index (χ2n) is 7.03. The molecule has 3 aromatic rings. The van der Waals surface area contributed by atoms with E-state index in [1.807, 2.05) is 12.1 Å². The minimum Gasteiger partial charge on any atom is -0.494 e. The fourth-order valence-electron chi connectivity index (χ4n) is 3.40. The number of nitrogens with zero attached hydrogens (tertiary/aromatic N) is 2. The number of hydroxylamine groups is 1. The average molecular weight is 458 g/mol. The van der Waals surface area contributed by atoms with E-state index in [1.165, 1.54) is 11.3 Å². The van der Waals surface area contributed by atoms with Crippen molar-refractivity contribution in [3.05, 3.63) is 47.5 Å². The van der Waals surface area contributed by atoms with Gasteiger partial charge in [0.05, 0.1) is 30.7 Å². The summed E-state index contributed by atoms with van der Waals surface area (Å²) in [6, 6.07) is 10.0. The molecule has 32 heavy (non-hydrogen) atoms. The van der Waals surface area contributed by atoms with Crippen LogP contribution in [-0.2, 0) is 11.3 Å². The van der Waals surface area contributed by atoms with Gasteiger partial charge in [-0.05, 0) is 29.8 Å². The van der Waals surface area contributed by atoms with Crippen LogP contribution in [0.5, 0.6) is 5.75 Å². The number of ether oxygens (including phenoxy) is 2. The van der Waals surface area contributed by atoms with Crippen LogP contribution in [0.1, 0.15) is 15.9 Å². The van der Waals surface area contributed by atoms with Crippen molar-refractivity contribution in [2.45, 2.75) is 6.54 Å². The lowest BCUT2D eigenvalue weighted by atomic mass is 10.1. The van der Waals surface area contributed by atoms with Gasteiger partial charge in [0, 0.05) is 25.2 Å². The molecule has 0 spiro atoms. The van der Waals surface area contributed by atoms with Gasteiger partial charge in [0.25, 0.3) is 5.91 Å². The highest BCUT2D eigenvalue weighted by atomic mass is 32.1. The molecule has 1 fully saturated rings. The Labute approximate surface area is 188 Å². The number of methoxy groups -OCH3 is 1. The lowest BCUT2D eigenvalue weighted by Gasteiger charge is -2.29. The van der Waals surface area contributed by atoms with Gasteiger partial charge in [-0.25, -0.2) is 15.3 Å². The van der Waals surface area contributed by atoms with E-state index in [-0.39, 0.29) is 6.54 Å². The zero-order valence-corrected chi connectivity index (χ0v) is 18.2. The molecular formula is C21H23N5O5S. The van der Waals surface area contributed by atoms with Crippen molar-refractivity contribution in [2.75, 3.05) is 43.6 Å². The normalized spacial score (nSPS) is 13.6. The number of nitrogens with one attached hydrogen (secondary N) is 3. The zero-order chi connectivity index (χ0) is 22.5. The Morgan fingerprint density at radius 1 is 1.19 bits per heavy atom. The van der Waals surface area contributed by atoms with E-state index in [4.69, 9.17) is 14.7 Å². The molecule has 1 aliphatic heterocycles. The summed E-state index contributed by atoms with van der Waals surface area (Å²) in [6.07, 6.45) is 0. The number of hydrogen-bond donors (Lipinski definition) is 4. The van der Waals surface area contributed by atoms with Crippen LogP contribution in [0.2, 0.25) is 0 Å². The molecule has 4 rings (SSSR count). The van der Waals surface area contributed by atoms with Crippen LogP contribution >= 0.6 is 11.3 Å². The lowest BCUT2D eigenvalue weighted by molar-refractivity contribution is 0.0706. The third-order valence-corrected chi connectivity index (χ3v) is 6.04. The largest absolute Gasteiger partial charge is 0.494 e. The number of amides is 3. The SMILES string of the molecule is COc1ccc(N2CCOCC2)c2sc(NC(=O)NCc3ccc(C(=O)NO)cc3)nc12. The van der Waals surface area contributed by atoms with Crippen LogP contribution < -0.4 is 25.8 Å². The number of anilines is 2. The number of rotatable bonds is 6. The molecule has 2 heterocycles. The van der Waals surface area contributed by atoms with Gasteiger partial charge in [-0.3, -0.25) is 15.3 Å². The van der Waals surface area contributed by atoms with Gasteiger partial charge in [0.15, 0.2) is 5.13 Å². The number of carbonyl (C=O) groups excluding carboxylic acids is 2. The fraction of sp³-hybridized carbons (Fsp3) is 0.286. The first-order chi connectivity index (χ1) is 15.6. The number of morpholine rings is 1. The third kappa shape index (κ3) is 4.74. The first-order valence-electron chi connectivity index (χ1n) is 9.97. The highest BCUT2D eigenvalue weighted by molar-refractivity contribution is 7.23.